The Bertz CT molecular complexity index is 408. The van der Waals surface area contributed by atoms with Crippen LogP contribution >= 0.6 is 0 Å². The van der Waals surface area contributed by atoms with Gasteiger partial charge in [0.2, 0.25) is 5.91 Å². The summed E-state index contributed by atoms with van der Waals surface area (Å²) >= 11 is 0. The minimum atomic E-state index is -0.436. The summed E-state index contributed by atoms with van der Waals surface area (Å²) in [5, 5.41) is 5.00. The molecule has 20 heavy (non-hydrogen) atoms. The van der Waals surface area contributed by atoms with Gasteiger partial charge in [0, 0.05) is 19.1 Å². The molecule has 0 radical (unpaired) electrons. The van der Waals surface area contributed by atoms with Crippen LogP contribution in [0, 0.1) is 11.8 Å². The number of urea groups is 1. The highest BCUT2D eigenvalue weighted by atomic mass is 16.5. The number of carbonyl (C=O) groups is 3. The topological polar surface area (TPSA) is 87.7 Å². The highest BCUT2D eigenvalue weighted by Gasteiger charge is 2.36. The Morgan fingerprint density at radius 2 is 1.95 bits per heavy atom. The van der Waals surface area contributed by atoms with E-state index in [2.05, 4.69) is 10.6 Å². The van der Waals surface area contributed by atoms with Gasteiger partial charge >= 0.3 is 12.0 Å². The number of ether oxygens (including phenoxy) is 1. The molecule has 2 unspecified atom stereocenters. The van der Waals surface area contributed by atoms with E-state index in [9.17, 15) is 14.4 Å². The molecule has 2 atom stereocenters. The number of hydrogen-bond acceptors (Lipinski definition) is 5. The van der Waals surface area contributed by atoms with Crippen molar-refractivity contribution in [2.75, 3.05) is 26.7 Å². The maximum Gasteiger partial charge on any atom is 0.321 e. The van der Waals surface area contributed by atoms with Gasteiger partial charge in [-0.15, -0.1) is 0 Å². The fourth-order valence-electron chi connectivity index (χ4n) is 2.47. The standard InChI is InChI=1S/C13H21N3O4/c1-8-5-16(6-10(8)12(18)20-2)7-11(17)15-13(19)14-9-3-4-9/h8-10H,3-7H2,1-2H3,(H2,14,15,17,19). The fourth-order valence-corrected chi connectivity index (χ4v) is 2.47. The van der Waals surface area contributed by atoms with Gasteiger partial charge in [-0.3, -0.25) is 19.8 Å². The maximum atomic E-state index is 11.7. The van der Waals surface area contributed by atoms with Crippen molar-refractivity contribution in [1.82, 2.24) is 15.5 Å². The Labute approximate surface area is 118 Å². The van der Waals surface area contributed by atoms with E-state index in [1.807, 2.05) is 11.8 Å². The van der Waals surface area contributed by atoms with E-state index >= 15 is 0 Å². The van der Waals surface area contributed by atoms with Crippen LogP contribution in [0.3, 0.4) is 0 Å². The first-order valence-corrected chi connectivity index (χ1v) is 6.90. The highest BCUT2D eigenvalue weighted by Crippen LogP contribution is 2.23. The average Bonchev–Trinajstić information content (AvgIpc) is 3.10. The zero-order valence-corrected chi connectivity index (χ0v) is 11.8. The molecule has 0 bridgehead atoms. The van der Waals surface area contributed by atoms with Crippen LogP contribution < -0.4 is 10.6 Å². The maximum absolute atomic E-state index is 11.7. The second kappa shape index (κ2) is 6.21. The van der Waals surface area contributed by atoms with Crippen LogP contribution in [0.5, 0.6) is 0 Å². The normalized spacial score (nSPS) is 26.1. The summed E-state index contributed by atoms with van der Waals surface area (Å²) in [6, 6.07) is -0.215. The molecule has 2 rings (SSSR count). The number of esters is 1. The second-order valence-corrected chi connectivity index (χ2v) is 5.60. The molecule has 2 fully saturated rings. The smallest absolute Gasteiger partial charge is 0.321 e. The number of carbonyl (C=O) groups excluding carboxylic acids is 3. The average molecular weight is 283 g/mol. The minimum Gasteiger partial charge on any atom is -0.469 e. The number of likely N-dealkylation sites (tertiary alicyclic amines) is 1. The highest BCUT2D eigenvalue weighted by molar-refractivity contribution is 5.95. The molecule has 1 heterocycles. The molecule has 3 amide bonds. The molecule has 0 spiro atoms. The van der Waals surface area contributed by atoms with Crippen LogP contribution in [0.2, 0.25) is 0 Å². The Morgan fingerprint density at radius 3 is 2.55 bits per heavy atom. The summed E-state index contributed by atoms with van der Waals surface area (Å²) in [4.78, 5) is 36.6. The number of rotatable bonds is 4. The van der Waals surface area contributed by atoms with E-state index < -0.39 is 6.03 Å². The lowest BCUT2D eigenvalue weighted by molar-refractivity contribution is -0.146. The molecule has 1 aliphatic carbocycles. The predicted octanol–water partition coefficient (Wildman–Crippen LogP) is -0.284. The van der Waals surface area contributed by atoms with E-state index in [0.29, 0.717) is 13.1 Å². The van der Waals surface area contributed by atoms with Crippen molar-refractivity contribution in [1.29, 1.82) is 0 Å². The molecular formula is C13H21N3O4. The number of nitrogens with one attached hydrogen (secondary N) is 2. The minimum absolute atomic E-state index is 0.121. The van der Waals surface area contributed by atoms with Gasteiger partial charge < -0.3 is 10.1 Å². The fraction of sp³-hybridized carbons (Fsp3) is 0.769. The zero-order valence-electron chi connectivity index (χ0n) is 11.8. The van der Waals surface area contributed by atoms with Crippen molar-refractivity contribution in [3.05, 3.63) is 0 Å². The van der Waals surface area contributed by atoms with E-state index in [0.717, 1.165) is 12.8 Å². The van der Waals surface area contributed by atoms with Gasteiger partial charge in [-0.1, -0.05) is 6.92 Å². The van der Waals surface area contributed by atoms with Crippen molar-refractivity contribution in [2.24, 2.45) is 11.8 Å². The largest absolute Gasteiger partial charge is 0.469 e. The third-order valence-electron chi connectivity index (χ3n) is 3.72. The van der Waals surface area contributed by atoms with Gasteiger partial charge in [0.15, 0.2) is 0 Å². The van der Waals surface area contributed by atoms with Gasteiger partial charge in [-0.25, -0.2) is 4.79 Å². The molecule has 0 aromatic carbocycles. The van der Waals surface area contributed by atoms with Crippen molar-refractivity contribution >= 4 is 17.9 Å². The first kappa shape index (κ1) is 14.8. The van der Waals surface area contributed by atoms with E-state index in [1.165, 1.54) is 7.11 Å². The first-order chi connectivity index (χ1) is 9.49. The van der Waals surface area contributed by atoms with E-state index in [1.54, 1.807) is 0 Å². The number of nitrogens with zero attached hydrogens (tertiary/aromatic N) is 1. The third-order valence-corrected chi connectivity index (χ3v) is 3.72. The number of hydrogen-bond donors (Lipinski definition) is 2. The molecule has 1 saturated carbocycles. The Morgan fingerprint density at radius 1 is 1.25 bits per heavy atom. The van der Waals surface area contributed by atoms with Crippen molar-refractivity contribution in [2.45, 2.75) is 25.8 Å². The van der Waals surface area contributed by atoms with Crippen LogP contribution in [-0.4, -0.2) is 55.6 Å². The molecule has 0 aromatic heterocycles. The van der Waals surface area contributed by atoms with Gasteiger partial charge in [0.05, 0.1) is 19.6 Å². The van der Waals surface area contributed by atoms with Crippen molar-refractivity contribution in [3.63, 3.8) is 0 Å². The van der Waals surface area contributed by atoms with E-state index in [-0.39, 0.29) is 36.3 Å². The third kappa shape index (κ3) is 3.93. The van der Waals surface area contributed by atoms with Gasteiger partial charge in [-0.2, -0.15) is 0 Å². The monoisotopic (exact) mass is 283 g/mol. The summed E-state index contributed by atoms with van der Waals surface area (Å²) in [6.07, 6.45) is 1.96. The first-order valence-electron chi connectivity index (χ1n) is 6.90. The SMILES string of the molecule is COC(=O)C1CN(CC(=O)NC(=O)NC2CC2)CC1C. The van der Waals surface area contributed by atoms with Crippen molar-refractivity contribution in [3.8, 4) is 0 Å². The summed E-state index contributed by atoms with van der Waals surface area (Å²) in [7, 11) is 1.37. The van der Waals surface area contributed by atoms with Gasteiger partial charge in [0.1, 0.15) is 0 Å². The van der Waals surface area contributed by atoms with Crippen LogP contribution in [0.1, 0.15) is 19.8 Å². The van der Waals surface area contributed by atoms with Crippen LogP contribution in [0.4, 0.5) is 4.79 Å². The molecule has 7 nitrogen and oxygen atoms in total. The molecule has 112 valence electrons. The summed E-state index contributed by atoms with van der Waals surface area (Å²) < 4.78 is 4.74. The zero-order chi connectivity index (χ0) is 14.7. The van der Waals surface area contributed by atoms with Crippen LogP contribution in [-0.2, 0) is 14.3 Å². The number of imide groups is 1. The molecular weight excluding hydrogens is 262 g/mol. The van der Waals surface area contributed by atoms with Gasteiger partial charge in [-0.05, 0) is 18.8 Å². The predicted molar refractivity (Wildman–Crippen MR) is 70.8 cm³/mol. The quantitative estimate of drug-likeness (QED) is 0.693. The van der Waals surface area contributed by atoms with Crippen LogP contribution in [0.25, 0.3) is 0 Å². The summed E-state index contributed by atoms with van der Waals surface area (Å²) in [5.74, 6) is -0.642. The Hall–Kier alpha value is -1.63. The number of amides is 3. The second-order valence-electron chi connectivity index (χ2n) is 5.60. The molecule has 1 saturated heterocycles. The summed E-state index contributed by atoms with van der Waals surface area (Å²) in [6.45, 7) is 3.22. The van der Waals surface area contributed by atoms with E-state index in [4.69, 9.17) is 4.74 Å². The van der Waals surface area contributed by atoms with Gasteiger partial charge in [0.25, 0.3) is 0 Å². The van der Waals surface area contributed by atoms with Crippen LogP contribution in [0.15, 0.2) is 0 Å². The molecule has 2 aliphatic rings. The molecule has 1 aliphatic heterocycles. The lowest BCUT2D eigenvalue weighted by atomic mass is 9.99. The number of methoxy groups -OCH3 is 1. The van der Waals surface area contributed by atoms with Crippen molar-refractivity contribution < 1.29 is 19.1 Å². The lowest BCUT2D eigenvalue weighted by Gasteiger charge is -2.14. The lowest BCUT2D eigenvalue weighted by Crippen LogP contribution is -2.44. The molecule has 0 aromatic rings. The Kier molecular flexibility index (Phi) is 4.59. The molecule has 2 N–H and O–H groups in total. The summed E-state index contributed by atoms with van der Waals surface area (Å²) in [5.41, 5.74) is 0. The Balaban J connectivity index is 1.74. The molecule has 7 heteroatoms.